The topological polar surface area (TPSA) is 38.8 Å². The zero-order valence-corrected chi connectivity index (χ0v) is 14.9. The van der Waals surface area contributed by atoms with Gasteiger partial charge in [-0.25, -0.2) is 0 Å². The quantitative estimate of drug-likeness (QED) is 0.850. The van der Waals surface area contributed by atoms with Gasteiger partial charge in [-0.05, 0) is 56.8 Å². The number of methoxy groups -OCH3 is 2. The number of ketones is 1. The minimum atomic E-state index is 0.0891. The van der Waals surface area contributed by atoms with Crippen LogP contribution in [0, 0.1) is 0 Å². The fourth-order valence-corrected chi connectivity index (χ4v) is 4.90. The molecule has 2 aliphatic carbocycles. The number of nitrogens with zero attached hydrogens (tertiary/aromatic N) is 1. The second-order valence-electron chi connectivity index (χ2n) is 7.72. The standard InChI is InChI=1S/C20H27NO3/c1-21-9-8-20(7-6-15(22)12-18(20)21)14-10-16(13-4-5-13)19(24-3)17(11-14)23-2/h10-11,13,18H,4-9,12H2,1-3H3/t18-,20-/m1/s1. The summed E-state index contributed by atoms with van der Waals surface area (Å²) in [5.41, 5.74) is 2.74. The van der Waals surface area contributed by atoms with E-state index in [0.29, 0.717) is 30.6 Å². The summed E-state index contributed by atoms with van der Waals surface area (Å²) in [6.45, 7) is 1.06. The van der Waals surface area contributed by atoms with Crippen molar-refractivity contribution in [3.05, 3.63) is 23.3 Å². The molecule has 3 fully saturated rings. The van der Waals surface area contributed by atoms with E-state index in [-0.39, 0.29) is 5.41 Å². The predicted octanol–water partition coefficient (Wildman–Crippen LogP) is 3.28. The molecule has 1 heterocycles. The van der Waals surface area contributed by atoms with Crippen molar-refractivity contribution in [2.45, 2.75) is 55.9 Å². The van der Waals surface area contributed by atoms with Crippen molar-refractivity contribution in [2.24, 2.45) is 0 Å². The molecule has 0 N–H and O–H groups in total. The van der Waals surface area contributed by atoms with Gasteiger partial charge in [0.05, 0.1) is 14.2 Å². The number of rotatable bonds is 4. The Morgan fingerprint density at radius 1 is 1.17 bits per heavy atom. The Morgan fingerprint density at radius 3 is 2.62 bits per heavy atom. The summed E-state index contributed by atoms with van der Waals surface area (Å²) in [6.07, 6.45) is 5.94. The molecule has 4 nitrogen and oxygen atoms in total. The third-order valence-corrected chi connectivity index (χ3v) is 6.45. The van der Waals surface area contributed by atoms with Crippen LogP contribution in [0.1, 0.15) is 55.6 Å². The smallest absolute Gasteiger partial charge is 0.164 e. The van der Waals surface area contributed by atoms with Crippen LogP contribution in [0.15, 0.2) is 12.1 Å². The lowest BCUT2D eigenvalue weighted by Gasteiger charge is -2.41. The maximum atomic E-state index is 12.1. The first-order chi connectivity index (χ1) is 11.6. The maximum Gasteiger partial charge on any atom is 0.164 e. The maximum absolute atomic E-state index is 12.1. The highest BCUT2D eigenvalue weighted by molar-refractivity contribution is 5.81. The first-order valence-electron chi connectivity index (χ1n) is 9.07. The molecule has 4 rings (SSSR count). The molecule has 1 aliphatic heterocycles. The van der Waals surface area contributed by atoms with Gasteiger partial charge in [-0.1, -0.05) is 6.07 Å². The molecule has 0 unspecified atom stereocenters. The summed E-state index contributed by atoms with van der Waals surface area (Å²) in [5.74, 6) is 2.76. The van der Waals surface area contributed by atoms with Crippen molar-refractivity contribution < 1.29 is 14.3 Å². The predicted molar refractivity (Wildman–Crippen MR) is 93.1 cm³/mol. The van der Waals surface area contributed by atoms with E-state index in [4.69, 9.17) is 9.47 Å². The Labute approximate surface area is 144 Å². The highest BCUT2D eigenvalue weighted by Gasteiger charge is 2.50. The number of hydrogen-bond acceptors (Lipinski definition) is 4. The second-order valence-corrected chi connectivity index (χ2v) is 7.72. The minimum Gasteiger partial charge on any atom is -0.493 e. The number of fused-ring (bicyclic) bond motifs is 1. The van der Waals surface area contributed by atoms with Gasteiger partial charge in [-0.2, -0.15) is 0 Å². The molecule has 1 aromatic rings. The minimum absolute atomic E-state index is 0.0891. The number of likely N-dealkylation sites (tertiary alicyclic amines) is 1. The van der Waals surface area contributed by atoms with Crippen molar-refractivity contribution in [1.82, 2.24) is 4.90 Å². The Kier molecular flexibility index (Phi) is 3.83. The Hall–Kier alpha value is -1.55. The van der Waals surface area contributed by atoms with Gasteiger partial charge in [-0.15, -0.1) is 0 Å². The second kappa shape index (κ2) is 5.76. The Bertz CT molecular complexity index is 667. The molecular formula is C20H27NO3. The summed E-state index contributed by atoms with van der Waals surface area (Å²) in [6, 6.07) is 4.86. The number of likely N-dealkylation sites (N-methyl/N-ethyl adjacent to an activating group) is 1. The van der Waals surface area contributed by atoms with E-state index in [1.807, 2.05) is 0 Å². The third kappa shape index (κ3) is 2.34. The molecule has 24 heavy (non-hydrogen) atoms. The molecule has 1 saturated heterocycles. The van der Waals surface area contributed by atoms with Crippen LogP contribution in [0.3, 0.4) is 0 Å². The Morgan fingerprint density at radius 2 is 1.96 bits per heavy atom. The van der Waals surface area contributed by atoms with Gasteiger partial charge in [0.25, 0.3) is 0 Å². The van der Waals surface area contributed by atoms with Crippen LogP contribution in [0.5, 0.6) is 11.5 Å². The molecule has 0 radical (unpaired) electrons. The molecular weight excluding hydrogens is 302 g/mol. The van der Waals surface area contributed by atoms with Gasteiger partial charge in [0.15, 0.2) is 11.5 Å². The molecule has 0 bridgehead atoms. The lowest BCUT2D eigenvalue weighted by Crippen LogP contribution is -2.46. The van der Waals surface area contributed by atoms with E-state index in [1.165, 1.54) is 24.0 Å². The average Bonchev–Trinajstić information content (AvgIpc) is 3.39. The monoisotopic (exact) mass is 329 g/mol. The molecule has 2 saturated carbocycles. The highest BCUT2D eigenvalue weighted by Crippen LogP contribution is 2.53. The number of hydrogen-bond donors (Lipinski definition) is 0. The van der Waals surface area contributed by atoms with E-state index in [0.717, 1.165) is 30.9 Å². The van der Waals surface area contributed by atoms with Crippen LogP contribution >= 0.6 is 0 Å². The van der Waals surface area contributed by atoms with Crippen molar-refractivity contribution in [3.63, 3.8) is 0 Å². The van der Waals surface area contributed by atoms with Crippen LogP contribution in [0.2, 0.25) is 0 Å². The molecule has 0 spiro atoms. The van der Waals surface area contributed by atoms with E-state index in [1.54, 1.807) is 14.2 Å². The van der Waals surface area contributed by atoms with E-state index < -0.39 is 0 Å². The number of carbonyl (C=O) groups excluding carboxylic acids is 1. The Balaban J connectivity index is 1.83. The zero-order valence-electron chi connectivity index (χ0n) is 14.9. The fraction of sp³-hybridized carbons (Fsp3) is 0.650. The van der Waals surface area contributed by atoms with Gasteiger partial charge in [-0.3, -0.25) is 4.79 Å². The molecule has 1 aromatic carbocycles. The summed E-state index contributed by atoms with van der Waals surface area (Å²) >= 11 is 0. The van der Waals surface area contributed by atoms with E-state index in [9.17, 15) is 4.79 Å². The first-order valence-corrected chi connectivity index (χ1v) is 9.07. The normalized spacial score (nSPS) is 30.3. The fourth-order valence-electron chi connectivity index (χ4n) is 4.90. The number of ether oxygens (including phenoxy) is 2. The molecule has 2 atom stereocenters. The average molecular weight is 329 g/mol. The number of benzene rings is 1. The van der Waals surface area contributed by atoms with Gasteiger partial charge in [0.2, 0.25) is 0 Å². The van der Waals surface area contributed by atoms with E-state index >= 15 is 0 Å². The van der Waals surface area contributed by atoms with Crippen molar-refractivity contribution in [2.75, 3.05) is 27.8 Å². The first kappa shape index (κ1) is 15.9. The molecule has 130 valence electrons. The van der Waals surface area contributed by atoms with Crippen LogP contribution in [0.25, 0.3) is 0 Å². The molecule has 0 amide bonds. The third-order valence-electron chi connectivity index (χ3n) is 6.45. The summed E-state index contributed by atoms with van der Waals surface area (Å²) in [5, 5.41) is 0. The molecule has 0 aromatic heterocycles. The van der Waals surface area contributed by atoms with Gasteiger partial charge < -0.3 is 14.4 Å². The SMILES string of the molecule is COc1cc([C@]23CCC(=O)C[C@H]2N(C)CC3)cc(C2CC2)c1OC. The van der Waals surface area contributed by atoms with Gasteiger partial charge in [0.1, 0.15) is 5.78 Å². The largest absolute Gasteiger partial charge is 0.493 e. The zero-order chi connectivity index (χ0) is 16.9. The van der Waals surface area contributed by atoms with Crippen LogP contribution < -0.4 is 9.47 Å². The van der Waals surface area contributed by atoms with Crippen molar-refractivity contribution in [3.8, 4) is 11.5 Å². The van der Waals surface area contributed by atoms with E-state index in [2.05, 4.69) is 24.1 Å². The summed E-state index contributed by atoms with van der Waals surface area (Å²) < 4.78 is 11.3. The number of carbonyl (C=O) groups is 1. The molecule has 4 heteroatoms. The summed E-state index contributed by atoms with van der Waals surface area (Å²) in [7, 11) is 5.61. The van der Waals surface area contributed by atoms with Crippen molar-refractivity contribution in [1.29, 1.82) is 0 Å². The number of Topliss-reactive ketones (excluding diaryl/α,β-unsaturated/α-hetero) is 1. The molecule has 3 aliphatic rings. The van der Waals surface area contributed by atoms with Crippen molar-refractivity contribution >= 4 is 5.78 Å². The van der Waals surface area contributed by atoms with Crippen LogP contribution in [0.4, 0.5) is 0 Å². The summed E-state index contributed by atoms with van der Waals surface area (Å²) in [4.78, 5) is 14.4. The van der Waals surface area contributed by atoms with Crippen LogP contribution in [-0.2, 0) is 10.2 Å². The lowest BCUT2D eigenvalue weighted by atomic mass is 9.65. The van der Waals surface area contributed by atoms with Gasteiger partial charge in [0, 0.05) is 29.9 Å². The lowest BCUT2D eigenvalue weighted by molar-refractivity contribution is -0.122. The highest BCUT2D eigenvalue weighted by atomic mass is 16.5. The van der Waals surface area contributed by atoms with Crippen LogP contribution in [-0.4, -0.2) is 44.5 Å². The van der Waals surface area contributed by atoms with Gasteiger partial charge >= 0.3 is 0 Å².